The van der Waals surface area contributed by atoms with Crippen molar-refractivity contribution in [1.82, 2.24) is 0 Å². The Kier molecular flexibility index (Phi) is 38.4. The predicted molar refractivity (Wildman–Crippen MR) is 262 cm³/mol. The highest BCUT2D eigenvalue weighted by atomic mass is 31.2. The Bertz CT molecular complexity index is 1440. The van der Waals surface area contributed by atoms with Gasteiger partial charge in [0.05, 0.1) is 13.2 Å². The molecule has 1 saturated carbocycles. The highest BCUT2D eigenvalue weighted by molar-refractivity contribution is 7.47. The van der Waals surface area contributed by atoms with E-state index in [-0.39, 0.29) is 13.0 Å². The lowest BCUT2D eigenvalue weighted by molar-refractivity contribution is -0.220. The molecule has 0 aliphatic heterocycles. The largest absolute Gasteiger partial charge is 0.472 e. The highest BCUT2D eigenvalue weighted by Gasteiger charge is 2.51. The molecule has 372 valence electrons. The molecule has 0 amide bonds. The zero-order chi connectivity index (χ0) is 47.6. The fraction of sp³-hybridized carbons (Fsp3) is 0.673. The van der Waals surface area contributed by atoms with Crippen molar-refractivity contribution in [2.45, 2.75) is 204 Å². The number of carbonyl (C=O) groups excluding carboxylic acids is 1. The Morgan fingerprint density at radius 3 is 1.38 bits per heavy atom. The van der Waals surface area contributed by atoms with Crippen molar-refractivity contribution in [2.75, 3.05) is 19.8 Å². The fourth-order valence-electron chi connectivity index (χ4n) is 6.81. The van der Waals surface area contributed by atoms with Crippen LogP contribution in [0.4, 0.5) is 0 Å². The lowest BCUT2D eigenvalue weighted by atomic mass is 9.85. The molecule has 1 fully saturated rings. The number of ether oxygens (including phenoxy) is 2. The van der Waals surface area contributed by atoms with Gasteiger partial charge in [0.2, 0.25) is 0 Å². The first-order chi connectivity index (χ1) is 31.5. The molecule has 1 aliphatic carbocycles. The maximum atomic E-state index is 12.8. The Hall–Kier alpha value is -2.74. The summed E-state index contributed by atoms with van der Waals surface area (Å²) in [7, 11) is -5.05. The van der Waals surface area contributed by atoms with Crippen LogP contribution in [0.5, 0.6) is 0 Å². The predicted octanol–water partition coefficient (Wildman–Crippen LogP) is 10.7. The Morgan fingerprint density at radius 1 is 0.508 bits per heavy atom. The number of esters is 1. The summed E-state index contributed by atoms with van der Waals surface area (Å²) in [5.74, 6) is -0.509. The number of hydrogen-bond acceptors (Lipinski definition) is 11. The van der Waals surface area contributed by atoms with E-state index in [1.54, 1.807) is 0 Å². The van der Waals surface area contributed by atoms with Gasteiger partial charge in [-0.2, -0.15) is 0 Å². The van der Waals surface area contributed by atoms with Gasteiger partial charge < -0.3 is 39.9 Å². The van der Waals surface area contributed by atoms with Gasteiger partial charge in [-0.3, -0.25) is 13.8 Å². The summed E-state index contributed by atoms with van der Waals surface area (Å²) in [5, 5.41) is 50.3. The normalized spacial score (nSPS) is 22.4. The van der Waals surface area contributed by atoms with E-state index in [2.05, 4.69) is 111 Å². The van der Waals surface area contributed by atoms with E-state index in [1.165, 1.54) is 38.5 Å². The van der Waals surface area contributed by atoms with Crippen LogP contribution in [0.1, 0.15) is 162 Å². The van der Waals surface area contributed by atoms with Crippen molar-refractivity contribution in [3.8, 4) is 0 Å². The second-order valence-electron chi connectivity index (χ2n) is 16.6. The first-order valence-corrected chi connectivity index (χ1v) is 26.1. The van der Waals surface area contributed by atoms with E-state index >= 15 is 0 Å². The summed E-state index contributed by atoms with van der Waals surface area (Å²) in [6.07, 6.45) is 44.8. The van der Waals surface area contributed by atoms with Crippen LogP contribution in [0.15, 0.2) is 97.2 Å². The SMILES string of the molecule is CC/C=C\C/C=C\C/C=C\C/C=C\C/C=C\C/C=C\CCCOCC(COP(=O)(O)OC1C(O)C(O)C(O)C(O)C1O)OC(=O)CCCCCCCCC/C=C\C/C=C\CCCCCC. The Labute approximate surface area is 392 Å². The number of phosphoric ester groups is 1. The topological polar surface area (TPSA) is 192 Å². The molecule has 0 aromatic heterocycles. The van der Waals surface area contributed by atoms with E-state index in [0.29, 0.717) is 19.4 Å². The minimum Gasteiger partial charge on any atom is -0.457 e. The second-order valence-corrected chi connectivity index (χ2v) is 18.0. The van der Waals surface area contributed by atoms with Crippen molar-refractivity contribution >= 4 is 13.8 Å². The summed E-state index contributed by atoms with van der Waals surface area (Å²) in [6, 6.07) is 0. The van der Waals surface area contributed by atoms with Gasteiger partial charge in [0.1, 0.15) is 42.7 Å². The molecule has 6 N–H and O–H groups in total. The molecule has 6 atom stereocenters. The molecule has 13 heteroatoms. The van der Waals surface area contributed by atoms with E-state index in [4.69, 9.17) is 18.5 Å². The van der Waals surface area contributed by atoms with Crippen LogP contribution in [0.2, 0.25) is 0 Å². The van der Waals surface area contributed by atoms with E-state index in [9.17, 15) is 39.8 Å². The third kappa shape index (κ3) is 33.4. The zero-order valence-corrected chi connectivity index (χ0v) is 40.6. The van der Waals surface area contributed by atoms with Gasteiger partial charge in [-0.1, -0.05) is 162 Å². The summed E-state index contributed by atoms with van der Waals surface area (Å²) < 4.78 is 34.2. The lowest BCUT2D eigenvalue weighted by Gasteiger charge is -2.41. The third-order valence-electron chi connectivity index (χ3n) is 10.7. The molecule has 1 aliphatic rings. The van der Waals surface area contributed by atoms with Crippen molar-refractivity contribution in [3.05, 3.63) is 97.2 Å². The van der Waals surface area contributed by atoms with Crippen molar-refractivity contribution < 1.29 is 58.3 Å². The van der Waals surface area contributed by atoms with Crippen LogP contribution >= 0.6 is 7.82 Å². The third-order valence-corrected chi connectivity index (χ3v) is 11.7. The zero-order valence-electron chi connectivity index (χ0n) is 39.7. The number of carbonyl (C=O) groups is 1. The molecule has 0 spiro atoms. The molecule has 0 radical (unpaired) electrons. The summed E-state index contributed by atoms with van der Waals surface area (Å²) in [6.45, 7) is 3.97. The Morgan fingerprint density at radius 2 is 0.908 bits per heavy atom. The highest BCUT2D eigenvalue weighted by Crippen LogP contribution is 2.47. The van der Waals surface area contributed by atoms with Crippen LogP contribution in [-0.2, 0) is 27.9 Å². The standard InChI is InChI=1S/C52H87O12P/c1-3-5-7-9-11-13-15-17-19-21-23-24-26-28-30-32-34-36-38-40-42-61-43-45(44-62-65(59,60)64-52-50(57)48(55)47(54)49(56)51(52)58)63-46(53)41-39-37-35-33-31-29-27-25-22-20-18-16-14-12-10-8-6-4-2/h5,7,11,13-14,16-17,19-20,22-24,28,30,34,36,45,47-52,54-58H,3-4,6,8-10,12,15,18,21,25-27,29,31-33,35,37-44H2,1-2H3,(H,59,60)/b7-5-,13-11-,16-14-,19-17-,22-20-,24-23-,30-28-,36-34-. The number of phosphoric acid groups is 1. The first kappa shape index (κ1) is 60.3. The van der Waals surface area contributed by atoms with Crippen LogP contribution in [-0.4, -0.2) is 98.9 Å². The molecule has 1 rings (SSSR count). The quantitative estimate of drug-likeness (QED) is 0.0148. The number of hydrogen-bond donors (Lipinski definition) is 6. The molecule has 0 heterocycles. The average molecular weight is 935 g/mol. The van der Waals surface area contributed by atoms with Gasteiger partial charge >= 0.3 is 13.8 Å². The summed E-state index contributed by atoms with van der Waals surface area (Å²) in [4.78, 5) is 23.2. The molecule has 0 saturated heterocycles. The lowest BCUT2D eigenvalue weighted by Crippen LogP contribution is -2.64. The monoisotopic (exact) mass is 935 g/mol. The number of unbranched alkanes of at least 4 members (excludes halogenated alkanes) is 12. The van der Waals surface area contributed by atoms with Gasteiger partial charge in [0, 0.05) is 13.0 Å². The molecule has 12 nitrogen and oxygen atoms in total. The van der Waals surface area contributed by atoms with Gasteiger partial charge in [0.15, 0.2) is 0 Å². The molecule has 65 heavy (non-hydrogen) atoms. The number of aliphatic hydroxyl groups is 5. The fourth-order valence-corrected chi connectivity index (χ4v) is 7.79. The number of rotatable bonds is 40. The maximum absolute atomic E-state index is 12.8. The van der Waals surface area contributed by atoms with E-state index in [0.717, 1.165) is 89.9 Å². The van der Waals surface area contributed by atoms with Crippen LogP contribution in [0, 0.1) is 0 Å². The average Bonchev–Trinajstić information content (AvgIpc) is 3.29. The van der Waals surface area contributed by atoms with Crippen LogP contribution in [0.25, 0.3) is 0 Å². The van der Waals surface area contributed by atoms with Crippen molar-refractivity contribution in [1.29, 1.82) is 0 Å². The Balaban J connectivity index is 2.44. The minimum absolute atomic E-state index is 0.126. The molecule has 6 unspecified atom stereocenters. The summed E-state index contributed by atoms with van der Waals surface area (Å²) >= 11 is 0. The summed E-state index contributed by atoms with van der Waals surface area (Å²) in [5.41, 5.74) is 0. The number of aliphatic hydroxyl groups excluding tert-OH is 5. The first-order valence-electron chi connectivity index (χ1n) is 24.6. The second kappa shape index (κ2) is 41.4. The van der Waals surface area contributed by atoms with E-state index in [1.807, 2.05) is 0 Å². The molecular formula is C52H87O12P. The van der Waals surface area contributed by atoms with Gasteiger partial charge in [-0.25, -0.2) is 4.57 Å². The van der Waals surface area contributed by atoms with Crippen molar-refractivity contribution in [2.24, 2.45) is 0 Å². The van der Waals surface area contributed by atoms with Gasteiger partial charge in [-0.15, -0.1) is 0 Å². The van der Waals surface area contributed by atoms with Crippen LogP contribution in [0.3, 0.4) is 0 Å². The van der Waals surface area contributed by atoms with Crippen molar-refractivity contribution in [3.63, 3.8) is 0 Å². The smallest absolute Gasteiger partial charge is 0.457 e. The molecular weight excluding hydrogens is 848 g/mol. The maximum Gasteiger partial charge on any atom is 0.472 e. The minimum atomic E-state index is -5.05. The van der Waals surface area contributed by atoms with Crippen LogP contribution < -0.4 is 0 Å². The molecule has 0 bridgehead atoms. The molecule has 0 aromatic rings. The number of allylic oxidation sites excluding steroid dienone is 16. The van der Waals surface area contributed by atoms with E-state index < -0.39 is 63.1 Å². The van der Waals surface area contributed by atoms with Gasteiger partial charge in [-0.05, 0) is 89.9 Å². The molecule has 0 aromatic carbocycles. The van der Waals surface area contributed by atoms with Gasteiger partial charge in [0.25, 0.3) is 0 Å².